The van der Waals surface area contributed by atoms with E-state index in [9.17, 15) is 4.79 Å². The molecule has 0 aliphatic heterocycles. The average molecular weight is 212 g/mol. The highest BCUT2D eigenvalue weighted by molar-refractivity contribution is 5.79. The lowest BCUT2D eigenvalue weighted by Gasteiger charge is -2.26. The molecule has 4 nitrogen and oxygen atoms in total. The first-order valence-corrected chi connectivity index (χ1v) is 5.92. The maximum atomic E-state index is 11.1. The van der Waals surface area contributed by atoms with Crippen LogP contribution in [0.3, 0.4) is 0 Å². The molecule has 86 valence electrons. The molecule has 3 N–H and O–H groups in total. The SMILES string of the molecule is NC(=O)C(CCOC1CCC1)NC1CC1. The minimum atomic E-state index is -0.251. The predicted octanol–water partition coefficient (Wildman–Crippen LogP) is 0.551. The van der Waals surface area contributed by atoms with Gasteiger partial charge in [-0.05, 0) is 38.5 Å². The van der Waals surface area contributed by atoms with Gasteiger partial charge in [-0.3, -0.25) is 4.79 Å². The second-order valence-electron chi connectivity index (χ2n) is 4.61. The lowest BCUT2D eigenvalue weighted by Crippen LogP contribution is -2.43. The Morgan fingerprint density at radius 3 is 2.60 bits per heavy atom. The first-order valence-electron chi connectivity index (χ1n) is 5.92. The number of hydrogen-bond donors (Lipinski definition) is 2. The minimum Gasteiger partial charge on any atom is -0.378 e. The van der Waals surface area contributed by atoms with Crippen LogP contribution in [0.2, 0.25) is 0 Å². The van der Waals surface area contributed by atoms with Crippen molar-refractivity contribution >= 4 is 5.91 Å². The molecule has 0 spiro atoms. The normalized spacial score (nSPS) is 23.5. The molecule has 1 unspecified atom stereocenters. The van der Waals surface area contributed by atoms with E-state index in [0.717, 1.165) is 0 Å². The van der Waals surface area contributed by atoms with E-state index in [0.29, 0.717) is 25.2 Å². The van der Waals surface area contributed by atoms with Crippen LogP contribution in [0.5, 0.6) is 0 Å². The summed E-state index contributed by atoms with van der Waals surface area (Å²) in [5.41, 5.74) is 5.32. The van der Waals surface area contributed by atoms with Crippen LogP contribution >= 0.6 is 0 Å². The van der Waals surface area contributed by atoms with Crippen molar-refractivity contribution < 1.29 is 9.53 Å². The fourth-order valence-electron chi connectivity index (χ4n) is 1.73. The Morgan fingerprint density at radius 1 is 1.40 bits per heavy atom. The third kappa shape index (κ3) is 3.47. The number of carbonyl (C=O) groups excluding carboxylic acids is 1. The molecule has 4 heteroatoms. The zero-order valence-electron chi connectivity index (χ0n) is 9.08. The van der Waals surface area contributed by atoms with E-state index in [2.05, 4.69) is 5.32 Å². The summed E-state index contributed by atoms with van der Waals surface area (Å²) in [6.45, 7) is 0.651. The van der Waals surface area contributed by atoms with Crippen molar-refractivity contribution in [2.24, 2.45) is 5.73 Å². The molecule has 2 aliphatic rings. The molecular weight excluding hydrogens is 192 g/mol. The van der Waals surface area contributed by atoms with E-state index in [-0.39, 0.29) is 11.9 Å². The second kappa shape index (κ2) is 4.94. The molecule has 2 fully saturated rings. The van der Waals surface area contributed by atoms with Crippen LogP contribution in [0.1, 0.15) is 38.5 Å². The smallest absolute Gasteiger partial charge is 0.234 e. The van der Waals surface area contributed by atoms with Crippen LogP contribution in [0.15, 0.2) is 0 Å². The van der Waals surface area contributed by atoms with Gasteiger partial charge in [-0.2, -0.15) is 0 Å². The highest BCUT2D eigenvalue weighted by Crippen LogP contribution is 2.22. The lowest BCUT2D eigenvalue weighted by atomic mass is 9.96. The summed E-state index contributed by atoms with van der Waals surface area (Å²) >= 11 is 0. The summed E-state index contributed by atoms with van der Waals surface area (Å²) in [5.74, 6) is -0.251. The van der Waals surface area contributed by atoms with Crippen molar-refractivity contribution in [3.63, 3.8) is 0 Å². The molecule has 0 heterocycles. The third-order valence-corrected chi connectivity index (χ3v) is 3.17. The topological polar surface area (TPSA) is 64.4 Å². The molecule has 0 aromatic heterocycles. The van der Waals surface area contributed by atoms with Crippen molar-refractivity contribution in [3.8, 4) is 0 Å². The Balaban J connectivity index is 1.61. The Morgan fingerprint density at radius 2 is 2.13 bits per heavy atom. The number of nitrogens with one attached hydrogen (secondary N) is 1. The summed E-state index contributed by atoms with van der Waals surface area (Å²) in [7, 11) is 0. The van der Waals surface area contributed by atoms with Crippen LogP contribution in [0.25, 0.3) is 0 Å². The fourth-order valence-corrected chi connectivity index (χ4v) is 1.73. The summed E-state index contributed by atoms with van der Waals surface area (Å²) in [6.07, 6.45) is 7.14. The summed E-state index contributed by atoms with van der Waals surface area (Å²) < 4.78 is 5.61. The Hall–Kier alpha value is -0.610. The van der Waals surface area contributed by atoms with Gasteiger partial charge >= 0.3 is 0 Å². The van der Waals surface area contributed by atoms with Gasteiger partial charge in [0, 0.05) is 12.6 Å². The molecule has 1 amide bonds. The maximum Gasteiger partial charge on any atom is 0.234 e. The van der Waals surface area contributed by atoms with Gasteiger partial charge < -0.3 is 15.8 Å². The van der Waals surface area contributed by atoms with Gasteiger partial charge in [0.2, 0.25) is 5.91 Å². The van der Waals surface area contributed by atoms with E-state index >= 15 is 0 Å². The Kier molecular flexibility index (Phi) is 3.59. The summed E-state index contributed by atoms with van der Waals surface area (Å²) in [4.78, 5) is 11.1. The summed E-state index contributed by atoms with van der Waals surface area (Å²) in [5, 5.41) is 3.25. The molecule has 1 atom stereocenters. The zero-order chi connectivity index (χ0) is 10.7. The summed E-state index contributed by atoms with van der Waals surface area (Å²) in [6, 6.07) is 0.323. The number of ether oxygens (including phenoxy) is 1. The van der Waals surface area contributed by atoms with Crippen LogP contribution in [-0.4, -0.2) is 30.7 Å². The second-order valence-corrected chi connectivity index (χ2v) is 4.61. The van der Waals surface area contributed by atoms with Gasteiger partial charge in [0.25, 0.3) is 0 Å². The molecule has 0 aromatic rings. The fraction of sp³-hybridized carbons (Fsp3) is 0.909. The molecule has 0 radical (unpaired) electrons. The van der Waals surface area contributed by atoms with E-state index in [1.165, 1.54) is 32.1 Å². The third-order valence-electron chi connectivity index (χ3n) is 3.17. The van der Waals surface area contributed by atoms with Crippen LogP contribution in [0, 0.1) is 0 Å². The molecule has 0 bridgehead atoms. The first-order chi connectivity index (χ1) is 7.25. The Labute approximate surface area is 90.5 Å². The van der Waals surface area contributed by atoms with Gasteiger partial charge in [0.1, 0.15) is 0 Å². The molecule has 2 rings (SSSR count). The number of nitrogens with two attached hydrogens (primary N) is 1. The van der Waals surface area contributed by atoms with Gasteiger partial charge in [0.15, 0.2) is 0 Å². The van der Waals surface area contributed by atoms with Gasteiger partial charge in [-0.25, -0.2) is 0 Å². The highest BCUT2D eigenvalue weighted by Gasteiger charge is 2.27. The van der Waals surface area contributed by atoms with Crippen molar-refractivity contribution in [2.45, 2.75) is 56.7 Å². The lowest BCUT2D eigenvalue weighted by molar-refractivity contribution is -0.120. The van der Waals surface area contributed by atoms with Gasteiger partial charge in [0.05, 0.1) is 12.1 Å². The number of amides is 1. The van der Waals surface area contributed by atoms with Crippen LogP contribution < -0.4 is 11.1 Å². The number of primary amides is 1. The van der Waals surface area contributed by atoms with Crippen molar-refractivity contribution in [1.82, 2.24) is 5.32 Å². The van der Waals surface area contributed by atoms with Crippen molar-refractivity contribution in [1.29, 1.82) is 0 Å². The van der Waals surface area contributed by atoms with E-state index in [4.69, 9.17) is 10.5 Å². The first kappa shape index (κ1) is 10.9. The zero-order valence-corrected chi connectivity index (χ0v) is 9.08. The predicted molar refractivity (Wildman–Crippen MR) is 57.3 cm³/mol. The van der Waals surface area contributed by atoms with Gasteiger partial charge in [-0.15, -0.1) is 0 Å². The van der Waals surface area contributed by atoms with Crippen LogP contribution in [-0.2, 0) is 9.53 Å². The molecule has 0 aromatic carbocycles. The average Bonchev–Trinajstić information content (AvgIpc) is 2.90. The largest absolute Gasteiger partial charge is 0.378 e. The highest BCUT2D eigenvalue weighted by atomic mass is 16.5. The molecule has 2 aliphatic carbocycles. The number of rotatable bonds is 7. The van der Waals surface area contributed by atoms with E-state index in [1.54, 1.807) is 0 Å². The van der Waals surface area contributed by atoms with Crippen molar-refractivity contribution in [2.75, 3.05) is 6.61 Å². The molecule has 0 saturated heterocycles. The standard InChI is InChI=1S/C11H20N2O2/c12-11(14)10(13-8-4-5-8)6-7-15-9-2-1-3-9/h8-10,13H,1-7H2,(H2,12,14). The van der Waals surface area contributed by atoms with Crippen LogP contribution in [0.4, 0.5) is 0 Å². The quantitative estimate of drug-likeness (QED) is 0.648. The van der Waals surface area contributed by atoms with E-state index < -0.39 is 0 Å². The molecule has 15 heavy (non-hydrogen) atoms. The minimum absolute atomic E-state index is 0.197. The van der Waals surface area contributed by atoms with Crippen molar-refractivity contribution in [3.05, 3.63) is 0 Å². The maximum absolute atomic E-state index is 11.1. The monoisotopic (exact) mass is 212 g/mol. The van der Waals surface area contributed by atoms with Gasteiger partial charge in [-0.1, -0.05) is 0 Å². The van der Waals surface area contributed by atoms with E-state index in [1.807, 2.05) is 0 Å². The Bertz CT molecular complexity index is 225. The molecule has 2 saturated carbocycles. The number of carbonyl (C=O) groups is 1. The number of hydrogen-bond acceptors (Lipinski definition) is 3. The molecular formula is C11H20N2O2.